The van der Waals surface area contributed by atoms with Crippen molar-refractivity contribution in [1.29, 1.82) is 0 Å². The van der Waals surface area contributed by atoms with Gasteiger partial charge in [-0.2, -0.15) is 4.08 Å². The molecule has 0 aliphatic carbocycles. The molecule has 0 saturated carbocycles. The van der Waals surface area contributed by atoms with Crippen molar-refractivity contribution in [3.63, 3.8) is 0 Å². The number of rotatable bonds is 7. The monoisotopic (exact) mass is 368 g/mol. The summed E-state index contributed by atoms with van der Waals surface area (Å²) in [6.07, 6.45) is 0. The molecule has 2 aromatic rings. The summed E-state index contributed by atoms with van der Waals surface area (Å²) in [7, 11) is -4.01. The lowest BCUT2D eigenvalue weighted by atomic mass is 10.0. The van der Waals surface area contributed by atoms with Crippen LogP contribution in [0.4, 0.5) is 0 Å². The van der Waals surface area contributed by atoms with Gasteiger partial charge in [-0.25, -0.2) is 4.57 Å². The molecule has 0 spiro atoms. The van der Waals surface area contributed by atoms with Gasteiger partial charge in [0.25, 0.3) is 0 Å². The summed E-state index contributed by atoms with van der Waals surface area (Å²) in [6, 6.07) is 14.6. The number of hydrogen-bond acceptors (Lipinski definition) is 4. The molecule has 0 N–H and O–H groups in total. The lowest BCUT2D eigenvalue weighted by Gasteiger charge is -2.20. The van der Waals surface area contributed by atoms with Gasteiger partial charge < -0.3 is 9.05 Å². The zero-order chi connectivity index (χ0) is 17.7. The van der Waals surface area contributed by atoms with Crippen LogP contribution in [0.5, 0.6) is 11.5 Å². The Kier molecular flexibility index (Phi) is 6.34. The molecule has 0 aromatic heterocycles. The maximum absolute atomic E-state index is 12.9. The fourth-order valence-electron chi connectivity index (χ4n) is 2.37. The molecule has 0 aliphatic heterocycles. The average Bonchev–Trinajstić information content (AvgIpc) is 2.55. The Bertz CT molecular complexity index is 673. The van der Waals surface area contributed by atoms with Crippen LogP contribution in [0.2, 0.25) is 0 Å². The predicted molar refractivity (Wildman–Crippen MR) is 96.9 cm³/mol. The van der Waals surface area contributed by atoms with Gasteiger partial charge in [0.1, 0.15) is 11.5 Å². The van der Waals surface area contributed by atoms with Gasteiger partial charge in [-0.05, 0) is 35.1 Å². The average molecular weight is 369 g/mol. The minimum Gasteiger partial charge on any atom is -0.394 e. The van der Waals surface area contributed by atoms with E-state index in [4.69, 9.17) is 20.9 Å². The van der Waals surface area contributed by atoms with Gasteiger partial charge in [0.05, 0.1) is 11.9 Å². The van der Waals surface area contributed by atoms with E-state index in [2.05, 4.69) is 4.08 Å². The molecule has 2 aromatic carbocycles. The van der Waals surface area contributed by atoms with Crippen molar-refractivity contribution in [2.45, 2.75) is 39.5 Å². The molecule has 4 nitrogen and oxygen atoms in total. The standard InChI is InChI=1S/C18H22ClO4P/c1-13(2)15-9-5-7-11-17(15)21-24(20,23-19)22-18-12-8-6-10-16(18)14(3)4/h5-14H,1-4H3. The van der Waals surface area contributed by atoms with E-state index in [-0.39, 0.29) is 11.8 Å². The molecule has 0 amide bonds. The summed E-state index contributed by atoms with van der Waals surface area (Å²) in [4.78, 5) is 0. The molecule has 0 heterocycles. The lowest BCUT2D eigenvalue weighted by Crippen LogP contribution is -2.05. The number of benzene rings is 2. The summed E-state index contributed by atoms with van der Waals surface area (Å²) in [5, 5.41) is 0. The summed E-state index contributed by atoms with van der Waals surface area (Å²) in [5.41, 5.74) is 1.79. The molecule has 6 heteroatoms. The largest absolute Gasteiger partial charge is 0.604 e. The molecule has 130 valence electrons. The summed E-state index contributed by atoms with van der Waals surface area (Å²) in [6.45, 7) is 8.07. The molecule has 0 radical (unpaired) electrons. The van der Waals surface area contributed by atoms with Crippen LogP contribution in [-0.2, 0) is 8.64 Å². The van der Waals surface area contributed by atoms with Gasteiger partial charge in [0, 0.05) is 0 Å². The van der Waals surface area contributed by atoms with E-state index in [1.54, 1.807) is 24.3 Å². The third-order valence-corrected chi connectivity index (χ3v) is 5.10. The molecule has 0 saturated heterocycles. The predicted octanol–water partition coefficient (Wildman–Crippen LogP) is 6.67. The Morgan fingerprint density at radius 2 is 1.17 bits per heavy atom. The number of para-hydroxylation sites is 2. The Morgan fingerprint density at radius 1 is 0.792 bits per heavy atom. The first-order valence-electron chi connectivity index (χ1n) is 7.83. The van der Waals surface area contributed by atoms with Gasteiger partial charge in [-0.15, -0.1) is 0 Å². The van der Waals surface area contributed by atoms with Crippen molar-refractivity contribution < 1.29 is 17.7 Å². The SMILES string of the molecule is CC(C)c1ccccc1OP(=O)(OCl)Oc1ccccc1C(C)C. The number of phosphoric ester groups is 1. The van der Waals surface area contributed by atoms with Gasteiger partial charge in [0.15, 0.2) is 0 Å². The fourth-order valence-corrected chi connectivity index (χ4v) is 3.45. The van der Waals surface area contributed by atoms with E-state index < -0.39 is 7.82 Å². The van der Waals surface area contributed by atoms with Crippen molar-refractivity contribution in [2.24, 2.45) is 0 Å². The zero-order valence-electron chi connectivity index (χ0n) is 14.2. The molecule has 24 heavy (non-hydrogen) atoms. The van der Waals surface area contributed by atoms with Gasteiger partial charge in [0.2, 0.25) is 0 Å². The van der Waals surface area contributed by atoms with Crippen LogP contribution in [0.1, 0.15) is 50.7 Å². The van der Waals surface area contributed by atoms with E-state index in [9.17, 15) is 4.57 Å². The van der Waals surface area contributed by atoms with Crippen LogP contribution >= 0.6 is 19.7 Å². The topological polar surface area (TPSA) is 44.8 Å². The van der Waals surface area contributed by atoms with Crippen LogP contribution in [0, 0.1) is 0 Å². The molecule has 0 fully saturated rings. The van der Waals surface area contributed by atoms with Gasteiger partial charge in [-0.3, -0.25) is 0 Å². The number of phosphoric acid groups is 1. The third kappa shape index (κ3) is 4.54. The van der Waals surface area contributed by atoms with Crippen molar-refractivity contribution in [2.75, 3.05) is 0 Å². The Morgan fingerprint density at radius 3 is 1.50 bits per heavy atom. The summed E-state index contributed by atoms with van der Waals surface area (Å²) < 4.78 is 28.6. The van der Waals surface area contributed by atoms with E-state index in [0.717, 1.165) is 11.1 Å². The van der Waals surface area contributed by atoms with Crippen LogP contribution < -0.4 is 9.05 Å². The van der Waals surface area contributed by atoms with Gasteiger partial charge >= 0.3 is 7.82 Å². The molecular weight excluding hydrogens is 347 g/mol. The van der Waals surface area contributed by atoms with Crippen LogP contribution in [-0.4, -0.2) is 0 Å². The second kappa shape index (κ2) is 8.06. The summed E-state index contributed by atoms with van der Waals surface area (Å²) in [5.74, 6) is 1.23. The lowest BCUT2D eigenvalue weighted by molar-refractivity contribution is 0.305. The molecule has 2 rings (SSSR count). The quantitative estimate of drug-likeness (QED) is 0.512. The van der Waals surface area contributed by atoms with Crippen molar-refractivity contribution in [3.8, 4) is 11.5 Å². The zero-order valence-corrected chi connectivity index (χ0v) is 15.9. The molecular formula is C18H22ClO4P. The third-order valence-electron chi connectivity index (χ3n) is 3.59. The number of halogens is 1. The van der Waals surface area contributed by atoms with E-state index in [1.165, 1.54) is 0 Å². The van der Waals surface area contributed by atoms with E-state index >= 15 is 0 Å². The minimum atomic E-state index is -4.01. The summed E-state index contributed by atoms with van der Waals surface area (Å²) >= 11 is 5.46. The first-order valence-corrected chi connectivity index (χ1v) is 9.60. The highest BCUT2D eigenvalue weighted by atomic mass is 35.5. The molecule has 0 unspecified atom stereocenters. The van der Waals surface area contributed by atoms with Crippen LogP contribution in [0.15, 0.2) is 48.5 Å². The normalized spacial score (nSPS) is 11.8. The van der Waals surface area contributed by atoms with Crippen molar-refractivity contribution in [1.82, 2.24) is 0 Å². The highest BCUT2D eigenvalue weighted by Gasteiger charge is 2.33. The second-order valence-corrected chi connectivity index (χ2v) is 7.90. The van der Waals surface area contributed by atoms with Crippen molar-refractivity contribution >= 4 is 19.7 Å². The van der Waals surface area contributed by atoms with Crippen LogP contribution in [0.3, 0.4) is 0 Å². The Labute approximate surface area is 148 Å². The Hall–Kier alpha value is -1.48. The Balaban J connectivity index is 2.32. The fraction of sp³-hybridized carbons (Fsp3) is 0.333. The maximum atomic E-state index is 12.9. The number of hydrogen-bond donors (Lipinski definition) is 0. The second-order valence-electron chi connectivity index (χ2n) is 6.08. The highest BCUT2D eigenvalue weighted by Crippen LogP contribution is 2.52. The van der Waals surface area contributed by atoms with E-state index in [0.29, 0.717) is 11.5 Å². The minimum absolute atomic E-state index is 0.188. The van der Waals surface area contributed by atoms with Crippen molar-refractivity contribution in [3.05, 3.63) is 59.7 Å². The van der Waals surface area contributed by atoms with Crippen LogP contribution in [0.25, 0.3) is 0 Å². The molecule has 0 bridgehead atoms. The first kappa shape index (κ1) is 18.9. The molecule has 0 aliphatic rings. The van der Waals surface area contributed by atoms with E-state index in [1.807, 2.05) is 52.0 Å². The highest BCUT2D eigenvalue weighted by molar-refractivity contribution is 7.50. The maximum Gasteiger partial charge on any atom is 0.604 e. The van der Waals surface area contributed by atoms with Gasteiger partial charge in [-0.1, -0.05) is 64.1 Å². The molecule has 0 atom stereocenters. The smallest absolute Gasteiger partial charge is 0.394 e. The first-order chi connectivity index (χ1) is 11.4.